The fourth-order valence-electron chi connectivity index (χ4n) is 2.50. The Morgan fingerprint density at radius 1 is 0.963 bits per heavy atom. The van der Waals surface area contributed by atoms with E-state index >= 15 is 0 Å². The normalized spacial score (nSPS) is 11.3. The lowest BCUT2D eigenvalue weighted by Gasteiger charge is -2.14. The number of anilines is 3. The Labute approximate surface area is 153 Å². The van der Waals surface area contributed by atoms with Crippen LogP contribution in [-0.2, 0) is 12.7 Å². The summed E-state index contributed by atoms with van der Waals surface area (Å²) in [4.78, 5) is 8.29. The molecule has 0 aliphatic heterocycles. The van der Waals surface area contributed by atoms with Crippen molar-refractivity contribution in [3.05, 3.63) is 77.2 Å². The SMILES string of the molecule is Cc1cc(NCc2ccccc2F)nc(Nc2ccccc2C(F)(F)F)n1. The average molecular weight is 376 g/mol. The van der Waals surface area contributed by atoms with Crippen LogP contribution in [0.5, 0.6) is 0 Å². The number of nitrogens with zero attached hydrogens (tertiary/aromatic N) is 2. The summed E-state index contributed by atoms with van der Waals surface area (Å²) in [6.07, 6.45) is -4.50. The Bertz CT molecular complexity index is 941. The highest BCUT2D eigenvalue weighted by Gasteiger charge is 2.33. The third kappa shape index (κ3) is 4.72. The van der Waals surface area contributed by atoms with Crippen LogP contribution in [0.15, 0.2) is 54.6 Å². The molecule has 3 rings (SSSR count). The number of halogens is 4. The van der Waals surface area contributed by atoms with Crippen molar-refractivity contribution in [2.75, 3.05) is 10.6 Å². The Morgan fingerprint density at radius 2 is 1.67 bits per heavy atom. The van der Waals surface area contributed by atoms with E-state index < -0.39 is 11.7 Å². The van der Waals surface area contributed by atoms with Gasteiger partial charge in [-0.05, 0) is 25.1 Å². The van der Waals surface area contributed by atoms with Crippen LogP contribution in [0, 0.1) is 12.7 Å². The van der Waals surface area contributed by atoms with E-state index in [2.05, 4.69) is 20.6 Å². The van der Waals surface area contributed by atoms with Gasteiger partial charge in [-0.1, -0.05) is 30.3 Å². The number of nitrogens with one attached hydrogen (secondary N) is 2. The Morgan fingerprint density at radius 3 is 2.41 bits per heavy atom. The first-order chi connectivity index (χ1) is 12.8. The van der Waals surface area contributed by atoms with Crippen LogP contribution in [-0.4, -0.2) is 9.97 Å². The van der Waals surface area contributed by atoms with E-state index in [-0.39, 0.29) is 24.0 Å². The number of para-hydroxylation sites is 1. The molecule has 0 spiro atoms. The van der Waals surface area contributed by atoms with E-state index in [1.807, 2.05) is 0 Å². The predicted molar refractivity (Wildman–Crippen MR) is 95.2 cm³/mol. The third-order valence-corrected chi connectivity index (χ3v) is 3.75. The molecule has 2 N–H and O–H groups in total. The average Bonchev–Trinajstić information content (AvgIpc) is 2.60. The monoisotopic (exact) mass is 376 g/mol. The maximum atomic E-state index is 13.7. The molecule has 0 unspecified atom stereocenters. The standard InChI is InChI=1S/C19H16F4N4/c1-12-10-17(24-11-13-6-2-4-8-15(13)20)27-18(25-12)26-16-9-5-3-7-14(16)19(21,22)23/h2-10H,11H2,1H3,(H2,24,25,26,27). The first kappa shape index (κ1) is 18.6. The molecule has 0 saturated carbocycles. The molecule has 4 nitrogen and oxygen atoms in total. The smallest absolute Gasteiger partial charge is 0.366 e. The van der Waals surface area contributed by atoms with Gasteiger partial charge >= 0.3 is 6.18 Å². The van der Waals surface area contributed by atoms with Gasteiger partial charge in [0.25, 0.3) is 0 Å². The van der Waals surface area contributed by atoms with Crippen LogP contribution in [0.25, 0.3) is 0 Å². The Kier molecular flexibility index (Phi) is 5.25. The van der Waals surface area contributed by atoms with Crippen LogP contribution >= 0.6 is 0 Å². The summed E-state index contributed by atoms with van der Waals surface area (Å²) in [5.74, 6) is 0.0358. The van der Waals surface area contributed by atoms with Crippen LogP contribution in [0.3, 0.4) is 0 Å². The second-order valence-corrected chi connectivity index (χ2v) is 5.83. The van der Waals surface area contributed by atoms with Gasteiger partial charge in [0, 0.05) is 23.9 Å². The van der Waals surface area contributed by atoms with Crippen molar-refractivity contribution in [2.45, 2.75) is 19.6 Å². The minimum Gasteiger partial charge on any atom is -0.366 e. The van der Waals surface area contributed by atoms with Gasteiger partial charge in [0.2, 0.25) is 5.95 Å². The van der Waals surface area contributed by atoms with E-state index in [4.69, 9.17) is 0 Å². The minimum absolute atomic E-state index is 0.0164. The molecule has 0 saturated heterocycles. The molecule has 8 heteroatoms. The molecule has 0 atom stereocenters. The van der Waals surface area contributed by atoms with Crippen molar-refractivity contribution >= 4 is 17.5 Å². The summed E-state index contributed by atoms with van der Waals surface area (Å²) in [7, 11) is 0. The summed E-state index contributed by atoms with van der Waals surface area (Å²) in [5.41, 5.74) is 0.0466. The van der Waals surface area contributed by atoms with Crippen LogP contribution in [0.1, 0.15) is 16.8 Å². The molecular weight excluding hydrogens is 360 g/mol. The van der Waals surface area contributed by atoms with Gasteiger partial charge in [0.15, 0.2) is 0 Å². The Hall–Kier alpha value is -3.16. The van der Waals surface area contributed by atoms with E-state index in [0.29, 0.717) is 17.1 Å². The van der Waals surface area contributed by atoms with E-state index in [1.165, 1.54) is 24.3 Å². The predicted octanol–water partition coefficient (Wildman–Crippen LogP) is 5.30. The van der Waals surface area contributed by atoms with Gasteiger partial charge in [-0.3, -0.25) is 0 Å². The zero-order chi connectivity index (χ0) is 19.4. The van der Waals surface area contributed by atoms with E-state index in [0.717, 1.165) is 6.07 Å². The largest absolute Gasteiger partial charge is 0.418 e. The topological polar surface area (TPSA) is 49.8 Å². The second-order valence-electron chi connectivity index (χ2n) is 5.83. The number of benzene rings is 2. The van der Waals surface area contributed by atoms with Gasteiger partial charge in [-0.2, -0.15) is 18.2 Å². The summed E-state index contributed by atoms with van der Waals surface area (Å²) in [5, 5.41) is 5.57. The molecule has 1 aromatic heterocycles. The second kappa shape index (κ2) is 7.61. The molecule has 0 fully saturated rings. The van der Waals surface area contributed by atoms with Crippen LogP contribution < -0.4 is 10.6 Å². The molecule has 27 heavy (non-hydrogen) atoms. The number of aryl methyl sites for hydroxylation is 1. The number of hydrogen-bond acceptors (Lipinski definition) is 4. The van der Waals surface area contributed by atoms with E-state index in [1.54, 1.807) is 31.2 Å². The molecule has 0 amide bonds. The number of hydrogen-bond donors (Lipinski definition) is 2. The van der Waals surface area contributed by atoms with Crippen molar-refractivity contribution in [3.8, 4) is 0 Å². The van der Waals surface area contributed by atoms with Crippen molar-refractivity contribution in [1.82, 2.24) is 9.97 Å². The fraction of sp³-hybridized carbons (Fsp3) is 0.158. The quantitative estimate of drug-likeness (QED) is 0.594. The zero-order valence-electron chi connectivity index (χ0n) is 14.3. The lowest BCUT2D eigenvalue weighted by molar-refractivity contribution is -0.136. The van der Waals surface area contributed by atoms with Gasteiger partial charge in [0.1, 0.15) is 11.6 Å². The third-order valence-electron chi connectivity index (χ3n) is 3.75. The highest BCUT2D eigenvalue weighted by Crippen LogP contribution is 2.35. The van der Waals surface area contributed by atoms with Gasteiger partial charge < -0.3 is 10.6 Å². The lowest BCUT2D eigenvalue weighted by atomic mass is 10.1. The minimum atomic E-state index is -4.50. The molecule has 2 aromatic carbocycles. The lowest BCUT2D eigenvalue weighted by Crippen LogP contribution is -2.11. The molecule has 1 heterocycles. The van der Waals surface area contributed by atoms with Crippen LogP contribution in [0.2, 0.25) is 0 Å². The maximum absolute atomic E-state index is 13.7. The molecule has 0 radical (unpaired) electrons. The molecule has 140 valence electrons. The van der Waals surface area contributed by atoms with Crippen molar-refractivity contribution in [1.29, 1.82) is 0 Å². The first-order valence-electron chi connectivity index (χ1n) is 8.09. The summed E-state index contributed by atoms with van der Waals surface area (Å²) < 4.78 is 53.1. The summed E-state index contributed by atoms with van der Waals surface area (Å²) >= 11 is 0. The summed E-state index contributed by atoms with van der Waals surface area (Å²) in [6.45, 7) is 1.87. The first-order valence-corrected chi connectivity index (χ1v) is 8.09. The molecule has 0 bridgehead atoms. The van der Waals surface area contributed by atoms with Gasteiger partial charge in [0.05, 0.1) is 11.3 Å². The zero-order valence-corrected chi connectivity index (χ0v) is 14.3. The molecule has 0 aliphatic rings. The van der Waals surface area contributed by atoms with E-state index in [9.17, 15) is 17.6 Å². The number of alkyl halides is 3. The number of rotatable bonds is 5. The highest BCUT2D eigenvalue weighted by atomic mass is 19.4. The van der Waals surface area contributed by atoms with Crippen molar-refractivity contribution < 1.29 is 17.6 Å². The fourth-order valence-corrected chi connectivity index (χ4v) is 2.50. The maximum Gasteiger partial charge on any atom is 0.418 e. The molecule has 0 aliphatic carbocycles. The van der Waals surface area contributed by atoms with Gasteiger partial charge in [-0.25, -0.2) is 9.37 Å². The Balaban J connectivity index is 1.81. The summed E-state index contributed by atoms with van der Waals surface area (Å²) in [6, 6.07) is 13.0. The molecule has 3 aromatic rings. The highest BCUT2D eigenvalue weighted by molar-refractivity contribution is 5.60. The van der Waals surface area contributed by atoms with Crippen LogP contribution in [0.4, 0.5) is 35.0 Å². The van der Waals surface area contributed by atoms with Crippen molar-refractivity contribution in [3.63, 3.8) is 0 Å². The van der Waals surface area contributed by atoms with Crippen molar-refractivity contribution in [2.24, 2.45) is 0 Å². The molecular formula is C19H16F4N4. The number of aromatic nitrogens is 2. The van der Waals surface area contributed by atoms with Gasteiger partial charge in [-0.15, -0.1) is 0 Å².